The number of carboxylic acids is 1. The summed E-state index contributed by atoms with van der Waals surface area (Å²) < 4.78 is 5.16. The van der Waals surface area contributed by atoms with Gasteiger partial charge in [0.2, 0.25) is 5.91 Å². The number of nitrogens with one attached hydrogen (secondary N) is 1. The molecule has 1 atom stereocenters. The Morgan fingerprint density at radius 2 is 2.00 bits per heavy atom. The van der Waals surface area contributed by atoms with E-state index in [1.54, 1.807) is 0 Å². The van der Waals surface area contributed by atoms with Crippen molar-refractivity contribution in [2.75, 3.05) is 6.61 Å². The standard InChI is InChI=1S/C12H15NO4/c1-9(12(15)16)13-11(14)8-17-7-10-5-3-2-4-6-10/h2-6,9H,7-8H2,1H3,(H,13,14)(H,15,16)/t9-/m0/s1. The summed E-state index contributed by atoms with van der Waals surface area (Å²) in [5.74, 6) is -1.50. The molecule has 0 saturated heterocycles. The summed E-state index contributed by atoms with van der Waals surface area (Å²) in [4.78, 5) is 21.7. The van der Waals surface area contributed by atoms with Crippen LogP contribution in [0.2, 0.25) is 0 Å². The Balaban J connectivity index is 2.23. The van der Waals surface area contributed by atoms with E-state index in [0.29, 0.717) is 6.61 Å². The van der Waals surface area contributed by atoms with Gasteiger partial charge in [0.05, 0.1) is 6.61 Å². The van der Waals surface area contributed by atoms with Gasteiger partial charge in [0.15, 0.2) is 0 Å². The van der Waals surface area contributed by atoms with Crippen LogP contribution in [0.5, 0.6) is 0 Å². The highest BCUT2D eigenvalue weighted by Crippen LogP contribution is 1.99. The van der Waals surface area contributed by atoms with Gasteiger partial charge in [0.1, 0.15) is 12.6 Å². The monoisotopic (exact) mass is 237 g/mol. The van der Waals surface area contributed by atoms with E-state index >= 15 is 0 Å². The van der Waals surface area contributed by atoms with Crippen molar-refractivity contribution in [2.24, 2.45) is 0 Å². The third-order valence-corrected chi connectivity index (χ3v) is 2.09. The highest BCUT2D eigenvalue weighted by Gasteiger charge is 2.13. The van der Waals surface area contributed by atoms with Crippen molar-refractivity contribution in [3.05, 3.63) is 35.9 Å². The van der Waals surface area contributed by atoms with Crippen molar-refractivity contribution in [1.82, 2.24) is 5.32 Å². The molecule has 5 heteroatoms. The summed E-state index contributed by atoms with van der Waals surface area (Å²) in [6.07, 6.45) is 0. The van der Waals surface area contributed by atoms with Gasteiger partial charge in [-0.2, -0.15) is 0 Å². The van der Waals surface area contributed by atoms with E-state index in [1.165, 1.54) is 6.92 Å². The number of carboxylic acid groups (broad SMARTS) is 1. The topological polar surface area (TPSA) is 75.6 Å². The SMILES string of the molecule is C[C@H](NC(=O)COCc1ccccc1)C(=O)O. The quantitative estimate of drug-likeness (QED) is 0.767. The highest BCUT2D eigenvalue weighted by atomic mass is 16.5. The fourth-order valence-electron chi connectivity index (χ4n) is 1.18. The van der Waals surface area contributed by atoms with Crippen molar-refractivity contribution in [2.45, 2.75) is 19.6 Å². The van der Waals surface area contributed by atoms with E-state index in [0.717, 1.165) is 5.56 Å². The van der Waals surface area contributed by atoms with Crippen LogP contribution in [0, 0.1) is 0 Å². The average molecular weight is 237 g/mol. The molecule has 2 N–H and O–H groups in total. The normalized spacial score (nSPS) is 11.8. The first kappa shape index (κ1) is 13.2. The molecule has 1 amide bonds. The predicted molar refractivity (Wildman–Crippen MR) is 61.3 cm³/mol. The first-order valence-corrected chi connectivity index (χ1v) is 5.23. The third-order valence-electron chi connectivity index (χ3n) is 2.09. The maximum atomic E-state index is 11.2. The van der Waals surface area contributed by atoms with Crippen LogP contribution in [0.1, 0.15) is 12.5 Å². The first-order chi connectivity index (χ1) is 8.09. The highest BCUT2D eigenvalue weighted by molar-refractivity contribution is 5.83. The van der Waals surface area contributed by atoms with Gasteiger partial charge in [-0.1, -0.05) is 30.3 Å². The number of ether oxygens (including phenoxy) is 1. The van der Waals surface area contributed by atoms with E-state index in [-0.39, 0.29) is 6.61 Å². The molecule has 5 nitrogen and oxygen atoms in total. The molecule has 0 aliphatic rings. The van der Waals surface area contributed by atoms with Gasteiger partial charge < -0.3 is 15.2 Å². The lowest BCUT2D eigenvalue weighted by atomic mass is 10.2. The van der Waals surface area contributed by atoms with Crippen LogP contribution >= 0.6 is 0 Å². The minimum Gasteiger partial charge on any atom is -0.480 e. The molecule has 1 rings (SSSR count). The second-order valence-electron chi connectivity index (χ2n) is 3.61. The number of aliphatic carboxylic acids is 1. The van der Waals surface area contributed by atoms with Crippen LogP contribution in [0.4, 0.5) is 0 Å². The van der Waals surface area contributed by atoms with Crippen LogP contribution in [-0.4, -0.2) is 29.6 Å². The lowest BCUT2D eigenvalue weighted by Gasteiger charge is -2.09. The maximum absolute atomic E-state index is 11.2. The van der Waals surface area contributed by atoms with Crippen molar-refractivity contribution >= 4 is 11.9 Å². The van der Waals surface area contributed by atoms with Crippen LogP contribution in [0.3, 0.4) is 0 Å². The molecule has 1 aromatic rings. The summed E-state index contributed by atoms with van der Waals surface area (Å²) in [6.45, 7) is 1.58. The number of benzene rings is 1. The summed E-state index contributed by atoms with van der Waals surface area (Å²) in [6, 6.07) is 8.53. The molecule has 0 radical (unpaired) electrons. The molecule has 0 fully saturated rings. The largest absolute Gasteiger partial charge is 0.480 e. The molecule has 0 aromatic heterocycles. The summed E-state index contributed by atoms with van der Waals surface area (Å²) in [5.41, 5.74) is 0.964. The van der Waals surface area contributed by atoms with E-state index in [1.807, 2.05) is 30.3 Å². The number of amides is 1. The molecular formula is C12H15NO4. The zero-order valence-electron chi connectivity index (χ0n) is 9.55. The van der Waals surface area contributed by atoms with Crippen LogP contribution in [-0.2, 0) is 20.9 Å². The molecule has 0 unspecified atom stereocenters. The van der Waals surface area contributed by atoms with Gasteiger partial charge in [-0.3, -0.25) is 9.59 Å². The average Bonchev–Trinajstić information content (AvgIpc) is 2.30. The Morgan fingerprint density at radius 1 is 1.35 bits per heavy atom. The Labute approximate surface area is 99.4 Å². The molecular weight excluding hydrogens is 222 g/mol. The molecule has 17 heavy (non-hydrogen) atoms. The first-order valence-electron chi connectivity index (χ1n) is 5.23. The zero-order valence-corrected chi connectivity index (χ0v) is 9.55. The minimum atomic E-state index is -1.07. The number of rotatable bonds is 6. The number of hydrogen-bond donors (Lipinski definition) is 2. The van der Waals surface area contributed by atoms with E-state index in [2.05, 4.69) is 5.32 Å². The Hall–Kier alpha value is -1.88. The molecule has 1 aromatic carbocycles. The Morgan fingerprint density at radius 3 is 2.59 bits per heavy atom. The Bertz CT molecular complexity index is 377. The van der Waals surface area contributed by atoms with Crippen molar-refractivity contribution in [3.63, 3.8) is 0 Å². The van der Waals surface area contributed by atoms with Crippen LogP contribution in [0.15, 0.2) is 30.3 Å². The molecule has 0 saturated carbocycles. The number of carbonyl (C=O) groups is 2. The lowest BCUT2D eigenvalue weighted by Crippen LogP contribution is -2.40. The second-order valence-corrected chi connectivity index (χ2v) is 3.61. The predicted octanol–water partition coefficient (Wildman–Crippen LogP) is 0.792. The fourth-order valence-corrected chi connectivity index (χ4v) is 1.18. The molecule has 92 valence electrons. The second kappa shape index (κ2) is 6.65. The molecule has 0 heterocycles. The van der Waals surface area contributed by atoms with E-state index in [4.69, 9.17) is 9.84 Å². The molecule has 0 aliphatic heterocycles. The fraction of sp³-hybridized carbons (Fsp3) is 0.333. The minimum absolute atomic E-state index is 0.146. The third kappa shape index (κ3) is 5.12. The zero-order chi connectivity index (χ0) is 12.7. The molecule has 0 aliphatic carbocycles. The molecule has 0 bridgehead atoms. The van der Waals surface area contributed by atoms with Gasteiger partial charge in [0.25, 0.3) is 0 Å². The van der Waals surface area contributed by atoms with Crippen molar-refractivity contribution in [3.8, 4) is 0 Å². The van der Waals surface area contributed by atoms with Crippen molar-refractivity contribution < 1.29 is 19.4 Å². The van der Waals surface area contributed by atoms with Gasteiger partial charge in [-0.15, -0.1) is 0 Å². The van der Waals surface area contributed by atoms with Gasteiger partial charge in [0, 0.05) is 0 Å². The van der Waals surface area contributed by atoms with Gasteiger partial charge in [-0.05, 0) is 12.5 Å². The van der Waals surface area contributed by atoms with E-state index < -0.39 is 17.9 Å². The smallest absolute Gasteiger partial charge is 0.325 e. The van der Waals surface area contributed by atoms with Crippen LogP contribution in [0.25, 0.3) is 0 Å². The lowest BCUT2D eigenvalue weighted by molar-refractivity contribution is -0.142. The Kier molecular flexibility index (Phi) is 5.16. The number of hydrogen-bond acceptors (Lipinski definition) is 3. The molecule has 0 spiro atoms. The van der Waals surface area contributed by atoms with Crippen molar-refractivity contribution in [1.29, 1.82) is 0 Å². The van der Waals surface area contributed by atoms with E-state index in [9.17, 15) is 9.59 Å². The summed E-state index contributed by atoms with van der Waals surface area (Å²) >= 11 is 0. The maximum Gasteiger partial charge on any atom is 0.325 e. The van der Waals surface area contributed by atoms with Gasteiger partial charge >= 0.3 is 5.97 Å². The number of carbonyl (C=O) groups excluding carboxylic acids is 1. The summed E-state index contributed by atoms with van der Waals surface area (Å²) in [7, 11) is 0. The van der Waals surface area contributed by atoms with Crippen LogP contribution < -0.4 is 5.32 Å². The van der Waals surface area contributed by atoms with Gasteiger partial charge in [-0.25, -0.2) is 0 Å². The summed E-state index contributed by atoms with van der Waals surface area (Å²) in [5, 5.41) is 10.9.